The van der Waals surface area contributed by atoms with E-state index in [2.05, 4.69) is 0 Å². The maximum absolute atomic E-state index is 12.2. The van der Waals surface area contributed by atoms with Gasteiger partial charge in [-0.25, -0.2) is 9.59 Å². The number of ether oxygens (including phenoxy) is 2. The molecule has 3 atom stereocenters. The molecule has 1 amide bonds. The molecule has 1 saturated heterocycles. The number of carbonyl (C=O) groups excluding carboxylic acids is 2. The third kappa shape index (κ3) is 4.33. The Balaban J connectivity index is 2.95. The molecule has 1 heterocycles. The fourth-order valence-corrected chi connectivity index (χ4v) is 2.24. The van der Waals surface area contributed by atoms with Gasteiger partial charge < -0.3 is 14.6 Å². The Hall–Kier alpha value is -1.81. The van der Waals surface area contributed by atoms with E-state index >= 15 is 0 Å². The van der Waals surface area contributed by atoms with E-state index in [0.29, 0.717) is 0 Å². The Kier molecular flexibility index (Phi) is 5.55. The van der Waals surface area contributed by atoms with E-state index in [1.54, 1.807) is 27.7 Å². The van der Waals surface area contributed by atoms with Crippen molar-refractivity contribution in [1.82, 2.24) is 4.90 Å². The molecule has 1 rings (SSSR count). The largest absolute Gasteiger partial charge is 0.464 e. The first kappa shape index (κ1) is 17.2. The summed E-state index contributed by atoms with van der Waals surface area (Å²) in [5, 5.41) is 19.0. The molecule has 1 aliphatic heterocycles. The Labute approximate surface area is 124 Å². The van der Waals surface area contributed by atoms with Crippen LogP contribution in [-0.2, 0) is 14.3 Å². The number of nitriles is 1. The zero-order valence-electron chi connectivity index (χ0n) is 12.8. The van der Waals surface area contributed by atoms with E-state index in [0.717, 1.165) is 4.90 Å². The highest BCUT2D eigenvalue weighted by Gasteiger charge is 2.48. The molecule has 1 fully saturated rings. The lowest BCUT2D eigenvalue weighted by molar-refractivity contribution is -0.150. The second-order valence-electron chi connectivity index (χ2n) is 5.93. The van der Waals surface area contributed by atoms with Gasteiger partial charge in [0.15, 0.2) is 0 Å². The van der Waals surface area contributed by atoms with Crippen LogP contribution in [0.4, 0.5) is 4.79 Å². The van der Waals surface area contributed by atoms with Crippen LogP contribution in [0.5, 0.6) is 0 Å². The lowest BCUT2D eigenvalue weighted by Crippen LogP contribution is -2.48. The molecule has 7 heteroatoms. The van der Waals surface area contributed by atoms with Crippen LogP contribution in [0.15, 0.2) is 0 Å². The number of hydrogen-bond acceptors (Lipinski definition) is 6. The van der Waals surface area contributed by atoms with Crippen molar-refractivity contribution in [2.75, 3.05) is 6.61 Å². The first-order valence-electron chi connectivity index (χ1n) is 6.94. The van der Waals surface area contributed by atoms with Gasteiger partial charge in [-0.2, -0.15) is 5.26 Å². The number of amides is 1. The summed E-state index contributed by atoms with van der Waals surface area (Å²) >= 11 is 0. The van der Waals surface area contributed by atoms with Gasteiger partial charge >= 0.3 is 12.1 Å². The summed E-state index contributed by atoms with van der Waals surface area (Å²) in [5.74, 6) is -1.08. The minimum atomic E-state index is -1.23. The summed E-state index contributed by atoms with van der Waals surface area (Å²) in [6.45, 7) is 6.92. The second-order valence-corrected chi connectivity index (χ2v) is 5.93. The Morgan fingerprint density at radius 1 is 1.43 bits per heavy atom. The summed E-state index contributed by atoms with van der Waals surface area (Å²) in [5.41, 5.74) is -0.747. The molecule has 1 unspecified atom stereocenters. The number of esters is 1. The number of carbonyl (C=O) groups is 2. The molecule has 0 bridgehead atoms. The van der Waals surface area contributed by atoms with Gasteiger partial charge in [0.05, 0.1) is 12.7 Å². The van der Waals surface area contributed by atoms with Crippen LogP contribution in [0.1, 0.15) is 40.5 Å². The number of aliphatic hydroxyl groups is 1. The van der Waals surface area contributed by atoms with Gasteiger partial charge in [0.25, 0.3) is 0 Å². The number of hydrogen-bond donors (Lipinski definition) is 1. The minimum absolute atomic E-state index is 0.0520. The number of rotatable bonds is 3. The molecule has 1 aliphatic rings. The predicted octanol–water partition coefficient (Wildman–Crippen LogP) is 1.41. The van der Waals surface area contributed by atoms with Crippen LogP contribution in [0.3, 0.4) is 0 Å². The van der Waals surface area contributed by atoms with Gasteiger partial charge in [-0.05, 0) is 34.1 Å². The van der Waals surface area contributed by atoms with E-state index in [-0.39, 0.29) is 19.4 Å². The third-order valence-electron chi connectivity index (χ3n) is 3.08. The first-order valence-corrected chi connectivity index (χ1v) is 6.94. The van der Waals surface area contributed by atoms with E-state index in [4.69, 9.17) is 14.7 Å². The summed E-state index contributed by atoms with van der Waals surface area (Å²) in [6.07, 6.45) is -1.77. The van der Waals surface area contributed by atoms with Crippen molar-refractivity contribution in [3.8, 4) is 6.07 Å². The molecule has 0 aliphatic carbocycles. The summed E-state index contributed by atoms with van der Waals surface area (Å²) in [4.78, 5) is 25.1. The molecule has 0 spiro atoms. The van der Waals surface area contributed by atoms with Crippen molar-refractivity contribution in [1.29, 1.82) is 5.26 Å². The van der Waals surface area contributed by atoms with E-state index in [1.807, 2.05) is 6.07 Å². The van der Waals surface area contributed by atoms with Gasteiger partial charge in [0.2, 0.25) is 0 Å². The maximum atomic E-state index is 12.2. The fraction of sp³-hybridized carbons (Fsp3) is 0.786. The molecule has 21 heavy (non-hydrogen) atoms. The molecule has 0 aromatic rings. The van der Waals surface area contributed by atoms with Crippen molar-refractivity contribution in [2.24, 2.45) is 5.92 Å². The average Bonchev–Trinajstić information content (AvgIpc) is 2.66. The van der Waals surface area contributed by atoms with E-state index in [9.17, 15) is 14.7 Å². The van der Waals surface area contributed by atoms with Crippen molar-refractivity contribution >= 4 is 12.1 Å². The predicted molar refractivity (Wildman–Crippen MR) is 72.8 cm³/mol. The molecule has 0 saturated carbocycles. The van der Waals surface area contributed by atoms with Crippen LogP contribution >= 0.6 is 0 Å². The topological polar surface area (TPSA) is 99.9 Å². The van der Waals surface area contributed by atoms with Gasteiger partial charge in [0.1, 0.15) is 17.9 Å². The van der Waals surface area contributed by atoms with E-state index in [1.165, 1.54) is 0 Å². The zero-order chi connectivity index (χ0) is 16.2. The lowest BCUT2D eigenvalue weighted by Gasteiger charge is -2.30. The average molecular weight is 298 g/mol. The molecule has 1 N–H and O–H groups in total. The van der Waals surface area contributed by atoms with Gasteiger partial charge in [-0.1, -0.05) is 0 Å². The Morgan fingerprint density at radius 2 is 2.05 bits per heavy atom. The molecule has 0 aromatic carbocycles. The summed E-state index contributed by atoms with van der Waals surface area (Å²) in [7, 11) is 0. The summed E-state index contributed by atoms with van der Waals surface area (Å²) < 4.78 is 10.1. The molecular formula is C14H22N2O5. The summed E-state index contributed by atoms with van der Waals surface area (Å²) in [6, 6.07) is 1.03. The van der Waals surface area contributed by atoms with Gasteiger partial charge in [-0.15, -0.1) is 0 Å². The smallest absolute Gasteiger partial charge is 0.413 e. The lowest BCUT2D eigenvalue weighted by atomic mass is 10.0. The number of likely N-dealkylation sites (tertiary alicyclic amines) is 1. The van der Waals surface area contributed by atoms with Crippen LogP contribution in [0.2, 0.25) is 0 Å². The highest BCUT2D eigenvalue weighted by Crippen LogP contribution is 2.32. The Bertz CT molecular complexity index is 438. The molecule has 118 valence electrons. The second kappa shape index (κ2) is 6.76. The van der Waals surface area contributed by atoms with Gasteiger partial charge in [0, 0.05) is 12.3 Å². The van der Waals surface area contributed by atoms with Crippen molar-refractivity contribution in [3.63, 3.8) is 0 Å². The first-order chi connectivity index (χ1) is 9.71. The molecule has 0 radical (unpaired) electrons. The fourth-order valence-electron chi connectivity index (χ4n) is 2.24. The number of aliphatic hydroxyl groups excluding tert-OH is 1. The normalized spacial score (nSPS) is 25.3. The van der Waals surface area contributed by atoms with Crippen LogP contribution in [0, 0.1) is 17.2 Å². The quantitative estimate of drug-likeness (QED) is 0.791. The SMILES string of the molecule is CCOC(=O)[C@@H]1C[C@@H](CC#N)C(O)N1C(=O)OC(C)(C)C. The highest BCUT2D eigenvalue weighted by molar-refractivity contribution is 5.82. The van der Waals surface area contributed by atoms with Crippen LogP contribution in [0.25, 0.3) is 0 Å². The van der Waals surface area contributed by atoms with Crippen molar-refractivity contribution in [2.45, 2.75) is 58.4 Å². The highest BCUT2D eigenvalue weighted by atomic mass is 16.6. The van der Waals surface area contributed by atoms with Crippen LogP contribution in [-0.4, -0.2) is 46.5 Å². The molecule has 0 aromatic heterocycles. The van der Waals surface area contributed by atoms with Crippen molar-refractivity contribution < 1.29 is 24.2 Å². The van der Waals surface area contributed by atoms with Crippen molar-refractivity contribution in [3.05, 3.63) is 0 Å². The molecule has 7 nitrogen and oxygen atoms in total. The van der Waals surface area contributed by atoms with Crippen LogP contribution < -0.4 is 0 Å². The monoisotopic (exact) mass is 298 g/mol. The standard InChI is InChI=1S/C14H22N2O5/c1-5-20-12(18)10-8-9(6-7-15)11(17)16(10)13(19)21-14(2,3)4/h9-11,17H,5-6,8H2,1-4H3/t9-,10+,11?/m1/s1. The zero-order valence-corrected chi connectivity index (χ0v) is 12.8. The minimum Gasteiger partial charge on any atom is -0.464 e. The third-order valence-corrected chi connectivity index (χ3v) is 3.08. The van der Waals surface area contributed by atoms with E-state index < -0.39 is 35.9 Å². The molecular weight excluding hydrogens is 276 g/mol. The number of nitrogens with zero attached hydrogens (tertiary/aromatic N) is 2. The van der Waals surface area contributed by atoms with Gasteiger partial charge in [-0.3, -0.25) is 4.90 Å². The maximum Gasteiger partial charge on any atom is 0.413 e. The Morgan fingerprint density at radius 3 is 2.52 bits per heavy atom.